The molecule has 2 rings (SSSR count). The van der Waals surface area contributed by atoms with Gasteiger partial charge < -0.3 is 29.7 Å². The molecule has 0 bridgehead atoms. The van der Waals surface area contributed by atoms with E-state index in [1.165, 1.54) is 0 Å². The van der Waals surface area contributed by atoms with Crippen LogP contribution in [-0.2, 0) is 11.3 Å². The quantitative estimate of drug-likeness (QED) is 0.150. The Balaban J connectivity index is 0.00000544. The summed E-state index contributed by atoms with van der Waals surface area (Å²) >= 11 is 0. The summed E-state index contributed by atoms with van der Waals surface area (Å²) in [6, 6.07) is 16.0. The molecule has 0 atom stereocenters. The average molecular weight is 571 g/mol. The summed E-state index contributed by atoms with van der Waals surface area (Å²) in [4.78, 5) is 6.87. The summed E-state index contributed by atoms with van der Waals surface area (Å²) in [6.45, 7) is 6.46. The van der Waals surface area contributed by atoms with Gasteiger partial charge in [-0.3, -0.25) is 0 Å². The topological polar surface area (TPSA) is 67.4 Å². The first-order chi connectivity index (χ1) is 15.6. The fourth-order valence-corrected chi connectivity index (χ4v) is 2.93. The fraction of sp³-hybridized carbons (Fsp3) is 0.480. The number of hydrogen-bond acceptors (Lipinski definition) is 5. The van der Waals surface area contributed by atoms with Crippen molar-refractivity contribution in [3.05, 3.63) is 54.1 Å². The van der Waals surface area contributed by atoms with Crippen molar-refractivity contribution in [1.29, 1.82) is 0 Å². The first-order valence-electron chi connectivity index (χ1n) is 11.2. The molecule has 8 heteroatoms. The van der Waals surface area contributed by atoms with Gasteiger partial charge in [0.15, 0.2) is 5.96 Å². The first kappa shape index (κ1) is 29.0. The Morgan fingerprint density at radius 2 is 1.67 bits per heavy atom. The fourth-order valence-electron chi connectivity index (χ4n) is 2.93. The third-order valence-corrected chi connectivity index (χ3v) is 4.56. The maximum atomic E-state index is 5.80. The monoisotopic (exact) mass is 570 g/mol. The molecule has 0 aliphatic heterocycles. The van der Waals surface area contributed by atoms with Crippen molar-refractivity contribution >= 4 is 35.6 Å². The largest absolute Gasteiger partial charge is 0.494 e. The van der Waals surface area contributed by atoms with Crippen LogP contribution in [0.25, 0.3) is 0 Å². The Kier molecular flexibility index (Phi) is 15.3. The zero-order chi connectivity index (χ0) is 23.0. The summed E-state index contributed by atoms with van der Waals surface area (Å²) in [5.74, 6) is 2.44. The molecule has 0 unspecified atom stereocenters. The van der Waals surface area contributed by atoms with Gasteiger partial charge in [-0.25, -0.2) is 4.99 Å². The van der Waals surface area contributed by atoms with Crippen LogP contribution < -0.4 is 20.1 Å². The highest BCUT2D eigenvalue weighted by Gasteiger charge is 2.03. The molecule has 0 aliphatic carbocycles. The van der Waals surface area contributed by atoms with Gasteiger partial charge in [-0.15, -0.1) is 24.0 Å². The van der Waals surface area contributed by atoms with Crippen LogP contribution in [0.4, 0.5) is 5.69 Å². The number of hydrogen-bond donors (Lipinski definition) is 2. The maximum Gasteiger partial charge on any atom is 0.196 e. The molecule has 2 aromatic carbocycles. The molecule has 0 heterocycles. The van der Waals surface area contributed by atoms with Crippen molar-refractivity contribution in [1.82, 2.24) is 10.2 Å². The van der Waals surface area contributed by atoms with E-state index in [0.717, 1.165) is 61.2 Å². The van der Waals surface area contributed by atoms with Crippen LogP contribution in [0.1, 0.15) is 25.3 Å². The Morgan fingerprint density at radius 1 is 0.939 bits per heavy atom. The highest BCUT2D eigenvalue weighted by molar-refractivity contribution is 14.0. The average Bonchev–Trinajstić information content (AvgIpc) is 2.79. The summed E-state index contributed by atoms with van der Waals surface area (Å²) in [5, 5.41) is 6.64. The van der Waals surface area contributed by atoms with E-state index in [9.17, 15) is 0 Å². The minimum Gasteiger partial charge on any atom is -0.494 e. The predicted octanol–water partition coefficient (Wildman–Crippen LogP) is 4.63. The molecule has 7 nitrogen and oxygen atoms in total. The molecule has 0 radical (unpaired) electrons. The number of methoxy groups -OCH3 is 1. The van der Waals surface area contributed by atoms with Crippen LogP contribution in [0, 0.1) is 0 Å². The first-order valence-corrected chi connectivity index (χ1v) is 11.2. The Hall–Kier alpha value is -2.04. The molecule has 0 aliphatic rings. The van der Waals surface area contributed by atoms with Gasteiger partial charge in [-0.1, -0.05) is 18.2 Å². The zero-order valence-corrected chi connectivity index (χ0v) is 22.6. The molecule has 33 heavy (non-hydrogen) atoms. The van der Waals surface area contributed by atoms with Crippen molar-refractivity contribution in [3.63, 3.8) is 0 Å². The number of rotatable bonds is 14. The normalized spacial score (nSPS) is 11.1. The van der Waals surface area contributed by atoms with E-state index in [-0.39, 0.29) is 24.0 Å². The molecule has 0 spiro atoms. The second-order valence-corrected chi connectivity index (χ2v) is 7.69. The number of halogens is 1. The number of aliphatic imine (C=N–C) groups is 1. The zero-order valence-electron chi connectivity index (χ0n) is 20.3. The maximum absolute atomic E-state index is 5.80. The summed E-state index contributed by atoms with van der Waals surface area (Å²) < 4.78 is 16.6. The number of ether oxygens (including phenoxy) is 3. The highest BCUT2D eigenvalue weighted by atomic mass is 127. The third-order valence-electron chi connectivity index (χ3n) is 4.56. The van der Waals surface area contributed by atoms with Crippen molar-refractivity contribution in [3.8, 4) is 11.5 Å². The van der Waals surface area contributed by atoms with Crippen LogP contribution >= 0.6 is 24.0 Å². The van der Waals surface area contributed by atoms with Crippen molar-refractivity contribution in [2.45, 2.75) is 26.3 Å². The van der Waals surface area contributed by atoms with Gasteiger partial charge in [-0.05, 0) is 57.3 Å². The SMILES string of the molecule is CCNC(=NCc1ccc(OCCCN(C)C)cc1)Nc1cccc(OCCCOC)c1.I. The molecule has 0 amide bonds. The highest BCUT2D eigenvalue weighted by Crippen LogP contribution is 2.18. The Morgan fingerprint density at radius 3 is 2.36 bits per heavy atom. The van der Waals surface area contributed by atoms with Gasteiger partial charge in [0.25, 0.3) is 0 Å². The van der Waals surface area contributed by atoms with Crippen LogP contribution in [0.3, 0.4) is 0 Å². The van der Waals surface area contributed by atoms with E-state index < -0.39 is 0 Å². The molecule has 2 N–H and O–H groups in total. The minimum absolute atomic E-state index is 0. The molecule has 0 fully saturated rings. The second-order valence-electron chi connectivity index (χ2n) is 7.69. The van der Waals surface area contributed by atoms with Gasteiger partial charge in [0.2, 0.25) is 0 Å². The van der Waals surface area contributed by atoms with Crippen LogP contribution in [0.5, 0.6) is 11.5 Å². The molecule has 0 saturated heterocycles. The van der Waals surface area contributed by atoms with E-state index >= 15 is 0 Å². The Labute approximate surface area is 215 Å². The van der Waals surface area contributed by atoms with Crippen molar-refractivity contribution in [2.75, 3.05) is 59.4 Å². The molecular weight excluding hydrogens is 531 g/mol. The lowest BCUT2D eigenvalue weighted by Gasteiger charge is -2.13. The van der Waals surface area contributed by atoms with Crippen molar-refractivity contribution in [2.24, 2.45) is 4.99 Å². The standard InChI is InChI=1S/C25H38N4O3.HI/c1-5-26-25(28-22-9-6-10-24(19-22)32-18-8-16-30-4)27-20-21-11-13-23(14-12-21)31-17-7-15-29(2)3;/h6,9-14,19H,5,7-8,15-18,20H2,1-4H3,(H2,26,27,28);1H. The van der Waals surface area contributed by atoms with Crippen LogP contribution in [-0.4, -0.2) is 65.0 Å². The van der Waals surface area contributed by atoms with E-state index in [1.54, 1.807) is 7.11 Å². The lowest BCUT2D eigenvalue weighted by molar-refractivity contribution is 0.172. The molecule has 0 aromatic heterocycles. The second kappa shape index (κ2) is 17.4. The number of guanidine groups is 1. The number of nitrogens with zero attached hydrogens (tertiary/aromatic N) is 2. The van der Waals surface area contributed by atoms with E-state index in [4.69, 9.17) is 19.2 Å². The third kappa shape index (κ3) is 12.7. The molecule has 0 saturated carbocycles. The van der Waals surface area contributed by atoms with Gasteiger partial charge >= 0.3 is 0 Å². The smallest absolute Gasteiger partial charge is 0.196 e. The summed E-state index contributed by atoms with van der Waals surface area (Å²) in [6.07, 6.45) is 1.87. The van der Waals surface area contributed by atoms with Gasteiger partial charge in [0, 0.05) is 45.0 Å². The molecule has 184 valence electrons. The lowest BCUT2D eigenvalue weighted by atomic mass is 10.2. The van der Waals surface area contributed by atoms with E-state index in [1.807, 2.05) is 36.4 Å². The number of benzene rings is 2. The number of nitrogens with one attached hydrogen (secondary N) is 2. The van der Waals surface area contributed by atoms with Crippen LogP contribution in [0.15, 0.2) is 53.5 Å². The van der Waals surface area contributed by atoms with Gasteiger partial charge in [0.05, 0.1) is 19.8 Å². The van der Waals surface area contributed by atoms with E-state index in [2.05, 4.69) is 48.7 Å². The van der Waals surface area contributed by atoms with Gasteiger partial charge in [-0.2, -0.15) is 0 Å². The number of anilines is 1. The lowest BCUT2D eigenvalue weighted by Crippen LogP contribution is -2.30. The van der Waals surface area contributed by atoms with E-state index in [0.29, 0.717) is 19.8 Å². The van der Waals surface area contributed by atoms with Crippen molar-refractivity contribution < 1.29 is 14.2 Å². The molecular formula is C25H39IN4O3. The summed E-state index contributed by atoms with van der Waals surface area (Å²) in [5.41, 5.74) is 2.05. The molecule has 2 aromatic rings. The predicted molar refractivity (Wildman–Crippen MR) is 147 cm³/mol. The van der Waals surface area contributed by atoms with Crippen LogP contribution in [0.2, 0.25) is 0 Å². The summed E-state index contributed by atoms with van der Waals surface area (Å²) in [7, 11) is 5.84. The van der Waals surface area contributed by atoms with Gasteiger partial charge in [0.1, 0.15) is 11.5 Å². The Bertz CT molecular complexity index is 800. The minimum atomic E-state index is 0.